The van der Waals surface area contributed by atoms with Crippen LogP contribution in [-0.2, 0) is 4.74 Å². The van der Waals surface area contributed by atoms with E-state index in [9.17, 15) is 45.3 Å². The zero-order valence-electron chi connectivity index (χ0n) is 17.4. The summed E-state index contributed by atoms with van der Waals surface area (Å²) in [5, 5.41) is 69.2. The number of aromatic hydroxyl groups is 7. The third-order valence-corrected chi connectivity index (χ3v) is 5.34. The van der Waals surface area contributed by atoms with Gasteiger partial charge in [0.05, 0.1) is 5.56 Å². The van der Waals surface area contributed by atoms with E-state index in [4.69, 9.17) is 9.47 Å². The molecule has 1 aliphatic heterocycles. The minimum absolute atomic E-state index is 0.0953. The second kappa shape index (κ2) is 7.96. The molecule has 0 radical (unpaired) electrons. The minimum Gasteiger partial charge on any atom is -0.508 e. The quantitative estimate of drug-likeness (QED) is 0.219. The molecular formula is C23H18O11. The highest BCUT2D eigenvalue weighted by molar-refractivity contribution is 6.07. The molecular weight excluding hydrogens is 452 g/mol. The number of hydrogen-bond acceptors (Lipinski definition) is 11. The standard InChI is InChI=1S/C23H18O11/c1-8-12(25)4-10(5-13(8)26)23(32)34-22-20(31)18-14(27)6-11(24)7-17(18)33-21(22)9-2-15(28)19(30)16(29)3-9/h2-7,21-22,24-30H,1H3. The van der Waals surface area contributed by atoms with E-state index in [1.807, 2.05) is 0 Å². The van der Waals surface area contributed by atoms with E-state index in [0.29, 0.717) is 0 Å². The van der Waals surface area contributed by atoms with Crippen molar-refractivity contribution in [1.29, 1.82) is 0 Å². The highest BCUT2D eigenvalue weighted by Crippen LogP contribution is 2.45. The summed E-state index contributed by atoms with van der Waals surface area (Å²) in [6.45, 7) is 1.41. The molecule has 11 nitrogen and oxygen atoms in total. The third-order valence-electron chi connectivity index (χ3n) is 5.34. The molecule has 0 fully saturated rings. The van der Waals surface area contributed by atoms with Crippen molar-refractivity contribution in [3.05, 3.63) is 58.7 Å². The highest BCUT2D eigenvalue weighted by atomic mass is 16.6. The van der Waals surface area contributed by atoms with Crippen molar-refractivity contribution < 1.29 is 54.8 Å². The number of hydrogen-bond donors (Lipinski definition) is 7. The lowest BCUT2D eigenvalue weighted by molar-refractivity contribution is -0.0102. The lowest BCUT2D eigenvalue weighted by Gasteiger charge is -2.32. The van der Waals surface area contributed by atoms with Gasteiger partial charge in [0, 0.05) is 23.3 Å². The fourth-order valence-electron chi connectivity index (χ4n) is 3.54. The van der Waals surface area contributed by atoms with Crippen molar-refractivity contribution in [2.45, 2.75) is 19.1 Å². The number of ether oxygens (including phenoxy) is 2. The van der Waals surface area contributed by atoms with Crippen LogP contribution in [0.5, 0.6) is 46.0 Å². The van der Waals surface area contributed by atoms with Gasteiger partial charge in [-0.05, 0) is 31.2 Å². The summed E-state index contributed by atoms with van der Waals surface area (Å²) in [7, 11) is 0. The smallest absolute Gasteiger partial charge is 0.339 e. The van der Waals surface area contributed by atoms with Crippen LogP contribution in [0, 0.1) is 6.92 Å². The number of phenols is 7. The number of Topliss-reactive ketones (excluding diaryl/α,β-unsaturated/α-hetero) is 1. The molecule has 0 bridgehead atoms. The van der Waals surface area contributed by atoms with E-state index in [-0.39, 0.29) is 22.4 Å². The lowest BCUT2D eigenvalue weighted by atomic mass is 9.92. The Morgan fingerprint density at radius 3 is 2.00 bits per heavy atom. The van der Waals surface area contributed by atoms with Gasteiger partial charge in [0.25, 0.3) is 0 Å². The molecule has 4 rings (SSSR count). The van der Waals surface area contributed by atoms with Crippen LogP contribution < -0.4 is 4.74 Å². The van der Waals surface area contributed by atoms with Crippen molar-refractivity contribution >= 4 is 11.8 Å². The average molecular weight is 470 g/mol. The van der Waals surface area contributed by atoms with Gasteiger partial charge in [-0.3, -0.25) is 4.79 Å². The number of fused-ring (bicyclic) bond motifs is 1. The first kappa shape index (κ1) is 22.4. The molecule has 0 saturated carbocycles. The van der Waals surface area contributed by atoms with Crippen LogP contribution in [0.2, 0.25) is 0 Å². The molecule has 0 aromatic heterocycles. The highest BCUT2D eigenvalue weighted by Gasteiger charge is 2.43. The average Bonchev–Trinajstić information content (AvgIpc) is 2.76. The summed E-state index contributed by atoms with van der Waals surface area (Å²) in [5.41, 5.74) is -0.680. The summed E-state index contributed by atoms with van der Waals surface area (Å²) in [6.07, 6.45) is -3.29. The van der Waals surface area contributed by atoms with Gasteiger partial charge in [-0.2, -0.15) is 0 Å². The monoisotopic (exact) mass is 470 g/mol. The number of ketones is 1. The third kappa shape index (κ3) is 3.68. The van der Waals surface area contributed by atoms with Crippen LogP contribution in [0.4, 0.5) is 0 Å². The van der Waals surface area contributed by atoms with Crippen LogP contribution in [0.15, 0.2) is 36.4 Å². The van der Waals surface area contributed by atoms with E-state index in [2.05, 4.69) is 0 Å². The van der Waals surface area contributed by atoms with Crippen molar-refractivity contribution in [3.63, 3.8) is 0 Å². The lowest BCUT2D eigenvalue weighted by Crippen LogP contribution is -2.40. The molecule has 176 valence electrons. The molecule has 0 spiro atoms. The van der Waals surface area contributed by atoms with Crippen molar-refractivity contribution in [3.8, 4) is 46.0 Å². The maximum atomic E-state index is 13.3. The van der Waals surface area contributed by atoms with Crippen molar-refractivity contribution in [2.24, 2.45) is 0 Å². The molecule has 34 heavy (non-hydrogen) atoms. The summed E-state index contributed by atoms with van der Waals surface area (Å²) in [6, 6.07) is 5.88. The molecule has 1 heterocycles. The van der Waals surface area contributed by atoms with Gasteiger partial charge >= 0.3 is 5.97 Å². The Hall–Kier alpha value is -4.80. The van der Waals surface area contributed by atoms with Crippen LogP contribution >= 0.6 is 0 Å². The Kier molecular flexibility index (Phi) is 5.24. The first-order valence-corrected chi connectivity index (χ1v) is 9.73. The summed E-state index contributed by atoms with van der Waals surface area (Å²) >= 11 is 0. The second-order valence-corrected chi connectivity index (χ2v) is 7.61. The van der Waals surface area contributed by atoms with Crippen LogP contribution in [0.3, 0.4) is 0 Å². The van der Waals surface area contributed by atoms with Gasteiger partial charge in [0.15, 0.2) is 23.4 Å². The number of benzene rings is 3. The van der Waals surface area contributed by atoms with Gasteiger partial charge in [0.2, 0.25) is 11.9 Å². The minimum atomic E-state index is -1.79. The molecule has 0 amide bonds. The maximum Gasteiger partial charge on any atom is 0.339 e. The maximum absolute atomic E-state index is 13.3. The normalized spacial score (nSPS) is 17.0. The Labute approximate surface area is 190 Å². The molecule has 0 aliphatic carbocycles. The Bertz CT molecular complexity index is 1300. The van der Waals surface area contributed by atoms with E-state index >= 15 is 0 Å². The van der Waals surface area contributed by atoms with Gasteiger partial charge < -0.3 is 45.2 Å². The van der Waals surface area contributed by atoms with Crippen LogP contribution in [0.1, 0.15) is 37.9 Å². The van der Waals surface area contributed by atoms with E-state index < -0.39 is 69.8 Å². The zero-order chi connectivity index (χ0) is 24.9. The van der Waals surface area contributed by atoms with E-state index in [1.54, 1.807) is 0 Å². The van der Waals surface area contributed by atoms with Crippen LogP contribution in [-0.4, -0.2) is 53.6 Å². The predicted octanol–water partition coefficient (Wildman–Crippen LogP) is 2.48. The number of rotatable bonds is 3. The molecule has 11 heteroatoms. The summed E-state index contributed by atoms with van der Waals surface area (Å²) in [5.74, 6) is -6.58. The van der Waals surface area contributed by atoms with Crippen molar-refractivity contribution in [1.82, 2.24) is 0 Å². The number of carbonyl (C=O) groups is 2. The number of carbonyl (C=O) groups excluding carboxylic acids is 2. The molecule has 7 N–H and O–H groups in total. The first-order chi connectivity index (χ1) is 16.0. The molecule has 2 unspecified atom stereocenters. The summed E-state index contributed by atoms with van der Waals surface area (Å²) in [4.78, 5) is 26.0. The van der Waals surface area contributed by atoms with E-state index in [0.717, 1.165) is 36.4 Å². The van der Waals surface area contributed by atoms with Gasteiger partial charge in [-0.1, -0.05) is 0 Å². The van der Waals surface area contributed by atoms with Crippen molar-refractivity contribution in [2.75, 3.05) is 0 Å². The molecule has 0 saturated heterocycles. The summed E-state index contributed by atoms with van der Waals surface area (Å²) < 4.78 is 11.0. The fourth-order valence-corrected chi connectivity index (χ4v) is 3.54. The fraction of sp³-hybridized carbons (Fsp3) is 0.130. The topological polar surface area (TPSA) is 194 Å². The Balaban J connectivity index is 1.81. The molecule has 1 aliphatic rings. The van der Waals surface area contributed by atoms with E-state index in [1.165, 1.54) is 6.92 Å². The first-order valence-electron chi connectivity index (χ1n) is 9.73. The molecule has 3 aromatic rings. The molecule has 2 atom stereocenters. The molecule has 3 aromatic carbocycles. The van der Waals surface area contributed by atoms with Gasteiger partial charge in [-0.15, -0.1) is 0 Å². The Morgan fingerprint density at radius 1 is 0.824 bits per heavy atom. The Morgan fingerprint density at radius 2 is 1.41 bits per heavy atom. The number of esters is 1. The second-order valence-electron chi connectivity index (χ2n) is 7.61. The SMILES string of the molecule is Cc1c(O)cc(C(=O)OC2C(=O)c3c(O)cc(O)cc3OC2c2cc(O)c(O)c(O)c2)cc1O. The van der Waals surface area contributed by atoms with Gasteiger partial charge in [-0.25, -0.2) is 4.79 Å². The largest absolute Gasteiger partial charge is 0.508 e. The zero-order valence-corrected chi connectivity index (χ0v) is 17.4. The number of phenolic OH excluding ortho intramolecular Hbond substituents is 7. The van der Waals surface area contributed by atoms with Crippen LogP contribution in [0.25, 0.3) is 0 Å². The van der Waals surface area contributed by atoms with Gasteiger partial charge in [0.1, 0.15) is 34.3 Å². The predicted molar refractivity (Wildman–Crippen MR) is 113 cm³/mol.